The lowest BCUT2D eigenvalue weighted by Gasteiger charge is -2.23. The molecule has 0 saturated heterocycles. The van der Waals surface area contributed by atoms with Gasteiger partial charge in [0, 0.05) is 25.2 Å². The van der Waals surface area contributed by atoms with Gasteiger partial charge in [-0.25, -0.2) is 0 Å². The molecule has 1 rings (SSSR count). The molecule has 158 valence electrons. The molecule has 7 nitrogen and oxygen atoms in total. The fourth-order valence-electron chi connectivity index (χ4n) is 2.38. The molecule has 1 aromatic rings. The van der Waals surface area contributed by atoms with Crippen molar-refractivity contribution in [3.05, 3.63) is 35.4 Å². The standard InChI is InChI=1S/C20H33N5O2.HI/c1-14(10-11-20(2,3)4)25-19(22-5)24-12-15-6-8-16(9-7-15)18(27)23-13-17(21)26;/h6-9,14H,10-13H2,1-5H3,(H2,21,26)(H,23,27)(H2,22,24,25);1H. The first-order valence-corrected chi connectivity index (χ1v) is 9.23. The second kappa shape index (κ2) is 12.6. The van der Waals surface area contributed by atoms with E-state index in [0.29, 0.717) is 23.6 Å². The highest BCUT2D eigenvalue weighted by Gasteiger charge is 2.13. The molecule has 1 aromatic carbocycles. The molecule has 28 heavy (non-hydrogen) atoms. The maximum absolute atomic E-state index is 11.9. The first-order chi connectivity index (χ1) is 12.6. The van der Waals surface area contributed by atoms with Crippen LogP contribution in [0.15, 0.2) is 29.3 Å². The molecule has 0 radical (unpaired) electrons. The highest BCUT2D eigenvalue weighted by molar-refractivity contribution is 14.0. The van der Waals surface area contributed by atoms with E-state index in [-0.39, 0.29) is 36.4 Å². The average molecular weight is 503 g/mol. The largest absolute Gasteiger partial charge is 0.368 e. The van der Waals surface area contributed by atoms with E-state index in [9.17, 15) is 9.59 Å². The predicted molar refractivity (Wildman–Crippen MR) is 125 cm³/mol. The van der Waals surface area contributed by atoms with E-state index in [0.717, 1.165) is 24.4 Å². The number of carbonyl (C=O) groups is 2. The number of nitrogens with two attached hydrogens (primary N) is 1. The predicted octanol–water partition coefficient (Wildman–Crippen LogP) is 2.40. The minimum atomic E-state index is -0.570. The summed E-state index contributed by atoms with van der Waals surface area (Å²) in [6.45, 7) is 9.30. The Morgan fingerprint density at radius 1 is 1.14 bits per heavy atom. The van der Waals surface area contributed by atoms with Crippen molar-refractivity contribution in [3.8, 4) is 0 Å². The van der Waals surface area contributed by atoms with Crippen molar-refractivity contribution >= 4 is 41.8 Å². The topological polar surface area (TPSA) is 109 Å². The normalized spacial score (nSPS) is 12.5. The summed E-state index contributed by atoms with van der Waals surface area (Å²) in [5.74, 6) is -0.141. The third kappa shape index (κ3) is 11.1. The Bertz CT molecular complexity index is 654. The van der Waals surface area contributed by atoms with Gasteiger partial charge in [-0.1, -0.05) is 32.9 Å². The van der Waals surface area contributed by atoms with Gasteiger partial charge in [0.2, 0.25) is 5.91 Å². The summed E-state index contributed by atoms with van der Waals surface area (Å²) in [5.41, 5.74) is 6.84. The minimum Gasteiger partial charge on any atom is -0.368 e. The monoisotopic (exact) mass is 503 g/mol. The first kappa shape index (κ1) is 26.2. The van der Waals surface area contributed by atoms with Crippen LogP contribution in [0.1, 0.15) is 56.5 Å². The molecule has 1 unspecified atom stereocenters. The van der Waals surface area contributed by atoms with Crippen LogP contribution in [-0.4, -0.2) is 37.4 Å². The molecule has 0 aliphatic heterocycles. The number of nitrogens with one attached hydrogen (secondary N) is 3. The second-order valence-corrected chi connectivity index (χ2v) is 7.92. The van der Waals surface area contributed by atoms with E-state index in [1.54, 1.807) is 19.2 Å². The fourth-order valence-corrected chi connectivity index (χ4v) is 2.38. The van der Waals surface area contributed by atoms with Gasteiger partial charge >= 0.3 is 0 Å². The second-order valence-electron chi connectivity index (χ2n) is 7.92. The highest BCUT2D eigenvalue weighted by atomic mass is 127. The quantitative estimate of drug-likeness (QED) is 0.248. The van der Waals surface area contributed by atoms with Crippen molar-refractivity contribution in [3.63, 3.8) is 0 Å². The van der Waals surface area contributed by atoms with Crippen molar-refractivity contribution in [2.75, 3.05) is 13.6 Å². The van der Waals surface area contributed by atoms with E-state index in [1.165, 1.54) is 0 Å². The SMILES string of the molecule is CN=C(NCc1ccc(C(=O)NCC(N)=O)cc1)NC(C)CCC(C)(C)C.I. The van der Waals surface area contributed by atoms with Crippen LogP contribution in [0, 0.1) is 5.41 Å². The summed E-state index contributed by atoms with van der Waals surface area (Å²) < 4.78 is 0. The number of carbonyl (C=O) groups excluding carboxylic acids is 2. The van der Waals surface area contributed by atoms with Gasteiger partial charge in [-0.2, -0.15) is 0 Å². The van der Waals surface area contributed by atoms with E-state index in [2.05, 4.69) is 48.6 Å². The average Bonchev–Trinajstić information content (AvgIpc) is 2.61. The Labute approximate surface area is 185 Å². The maximum atomic E-state index is 11.9. The summed E-state index contributed by atoms with van der Waals surface area (Å²) in [7, 11) is 1.75. The zero-order valence-electron chi connectivity index (χ0n) is 17.5. The third-order valence-electron chi connectivity index (χ3n) is 4.03. The molecule has 0 spiro atoms. The number of hydrogen-bond donors (Lipinski definition) is 4. The van der Waals surface area contributed by atoms with Crippen molar-refractivity contribution in [1.82, 2.24) is 16.0 Å². The summed E-state index contributed by atoms with van der Waals surface area (Å²) in [6.07, 6.45) is 2.21. The van der Waals surface area contributed by atoms with Gasteiger partial charge < -0.3 is 21.7 Å². The number of amides is 2. The Morgan fingerprint density at radius 2 is 1.75 bits per heavy atom. The number of guanidine groups is 1. The number of hydrogen-bond acceptors (Lipinski definition) is 3. The van der Waals surface area contributed by atoms with Crippen molar-refractivity contribution in [1.29, 1.82) is 0 Å². The Kier molecular flexibility index (Phi) is 11.8. The van der Waals surface area contributed by atoms with Crippen LogP contribution < -0.4 is 21.7 Å². The zero-order chi connectivity index (χ0) is 20.4. The molecule has 0 aliphatic rings. The minimum absolute atomic E-state index is 0. The van der Waals surface area contributed by atoms with Crippen molar-refractivity contribution < 1.29 is 9.59 Å². The molecule has 0 fully saturated rings. The summed E-state index contributed by atoms with van der Waals surface area (Å²) >= 11 is 0. The van der Waals surface area contributed by atoms with Gasteiger partial charge in [0.05, 0.1) is 6.54 Å². The Hall–Kier alpha value is -1.84. The van der Waals surface area contributed by atoms with Crippen LogP contribution in [0.2, 0.25) is 0 Å². The van der Waals surface area contributed by atoms with Gasteiger partial charge in [-0.3, -0.25) is 14.6 Å². The van der Waals surface area contributed by atoms with Gasteiger partial charge in [0.15, 0.2) is 5.96 Å². The van der Waals surface area contributed by atoms with Crippen molar-refractivity contribution in [2.45, 2.75) is 53.1 Å². The maximum Gasteiger partial charge on any atom is 0.251 e. The summed E-state index contributed by atoms with van der Waals surface area (Å²) in [6, 6.07) is 7.49. The number of benzene rings is 1. The van der Waals surface area contributed by atoms with Gasteiger partial charge in [0.1, 0.15) is 0 Å². The number of aliphatic imine (C=N–C) groups is 1. The smallest absolute Gasteiger partial charge is 0.251 e. The van der Waals surface area contributed by atoms with Crippen LogP contribution in [0.3, 0.4) is 0 Å². The van der Waals surface area contributed by atoms with Crippen LogP contribution in [0.5, 0.6) is 0 Å². The van der Waals surface area contributed by atoms with Crippen molar-refractivity contribution in [2.24, 2.45) is 16.1 Å². The molecule has 5 N–H and O–H groups in total. The van der Waals surface area contributed by atoms with Crippen LogP contribution in [0.4, 0.5) is 0 Å². The van der Waals surface area contributed by atoms with Crippen LogP contribution >= 0.6 is 24.0 Å². The first-order valence-electron chi connectivity index (χ1n) is 9.23. The zero-order valence-corrected chi connectivity index (χ0v) is 19.8. The van der Waals surface area contributed by atoms with Gasteiger partial charge in [-0.05, 0) is 42.9 Å². The molecule has 0 aliphatic carbocycles. The van der Waals surface area contributed by atoms with Crippen LogP contribution in [-0.2, 0) is 11.3 Å². The van der Waals surface area contributed by atoms with Crippen LogP contribution in [0.25, 0.3) is 0 Å². The lowest BCUT2D eigenvalue weighted by Crippen LogP contribution is -2.42. The van der Waals surface area contributed by atoms with E-state index >= 15 is 0 Å². The summed E-state index contributed by atoms with van der Waals surface area (Å²) in [4.78, 5) is 26.8. The molecule has 0 bridgehead atoms. The molecule has 0 saturated carbocycles. The fraction of sp³-hybridized carbons (Fsp3) is 0.550. The Morgan fingerprint density at radius 3 is 2.25 bits per heavy atom. The summed E-state index contributed by atoms with van der Waals surface area (Å²) in [5, 5.41) is 9.14. The molecule has 8 heteroatoms. The lowest BCUT2D eigenvalue weighted by molar-refractivity contribution is -0.117. The lowest BCUT2D eigenvalue weighted by atomic mass is 9.89. The number of nitrogens with zero attached hydrogens (tertiary/aromatic N) is 1. The molecular formula is C20H34IN5O2. The number of rotatable bonds is 8. The highest BCUT2D eigenvalue weighted by Crippen LogP contribution is 2.21. The molecular weight excluding hydrogens is 469 g/mol. The molecule has 2 amide bonds. The Balaban J connectivity index is 0.00000729. The number of halogens is 1. The molecule has 0 aromatic heterocycles. The van der Waals surface area contributed by atoms with Gasteiger partial charge in [-0.15, -0.1) is 24.0 Å². The third-order valence-corrected chi connectivity index (χ3v) is 4.03. The van der Waals surface area contributed by atoms with E-state index < -0.39 is 5.91 Å². The molecule has 0 heterocycles. The van der Waals surface area contributed by atoms with Gasteiger partial charge in [0.25, 0.3) is 5.91 Å². The number of primary amides is 1. The van der Waals surface area contributed by atoms with E-state index in [1.807, 2.05) is 12.1 Å². The molecule has 1 atom stereocenters. The van der Waals surface area contributed by atoms with E-state index in [4.69, 9.17) is 5.73 Å².